The predicted molar refractivity (Wildman–Crippen MR) is 96.4 cm³/mol. The fourth-order valence-corrected chi connectivity index (χ4v) is 5.85. The third-order valence-electron chi connectivity index (χ3n) is 5.46. The van der Waals surface area contributed by atoms with Gasteiger partial charge in [-0.05, 0) is 24.0 Å². The van der Waals surface area contributed by atoms with Gasteiger partial charge in [0.1, 0.15) is 0 Å². The van der Waals surface area contributed by atoms with Gasteiger partial charge >= 0.3 is 0 Å². The van der Waals surface area contributed by atoms with Gasteiger partial charge in [0.25, 0.3) is 10.2 Å². The van der Waals surface area contributed by atoms with Gasteiger partial charge in [-0.25, -0.2) is 0 Å². The van der Waals surface area contributed by atoms with Crippen molar-refractivity contribution < 1.29 is 17.9 Å². The summed E-state index contributed by atoms with van der Waals surface area (Å²) in [5.41, 5.74) is 2.34. The monoisotopic (exact) mass is 379 g/mol. The number of nitrogens with zero attached hydrogens (tertiary/aromatic N) is 3. The Bertz CT molecular complexity index is 751. The number of hydrogen-bond donors (Lipinski definition) is 0. The van der Waals surface area contributed by atoms with E-state index in [-0.39, 0.29) is 18.9 Å². The lowest BCUT2D eigenvalue weighted by Gasteiger charge is -2.37. The molecule has 1 aromatic rings. The van der Waals surface area contributed by atoms with Gasteiger partial charge in [-0.3, -0.25) is 4.79 Å². The average Bonchev–Trinajstić information content (AvgIpc) is 3.32. The van der Waals surface area contributed by atoms with Crippen molar-refractivity contribution in [3.8, 4) is 0 Å². The molecule has 8 heteroatoms. The SMILES string of the molecule is O=C(CC1COCCN1S(=O)(=O)N1CCCC1)N1Cc2ccccc2C1. The van der Waals surface area contributed by atoms with Crippen molar-refractivity contribution in [1.29, 1.82) is 0 Å². The summed E-state index contributed by atoms with van der Waals surface area (Å²) in [5, 5.41) is 0. The number of hydrogen-bond acceptors (Lipinski definition) is 4. The van der Waals surface area contributed by atoms with Crippen LogP contribution in [0.1, 0.15) is 30.4 Å². The largest absolute Gasteiger partial charge is 0.378 e. The molecule has 2 saturated heterocycles. The van der Waals surface area contributed by atoms with Crippen LogP contribution < -0.4 is 0 Å². The van der Waals surface area contributed by atoms with Crippen molar-refractivity contribution in [2.24, 2.45) is 0 Å². The Kier molecular flexibility index (Phi) is 5.00. The second-order valence-electron chi connectivity index (χ2n) is 7.18. The van der Waals surface area contributed by atoms with Crippen LogP contribution >= 0.6 is 0 Å². The molecular formula is C18H25N3O4S. The molecule has 142 valence electrons. The van der Waals surface area contributed by atoms with Crippen LogP contribution in [0, 0.1) is 0 Å². The van der Waals surface area contributed by atoms with Crippen LogP contribution in [0.2, 0.25) is 0 Å². The molecule has 0 aromatic heterocycles. The Morgan fingerprint density at radius 2 is 1.73 bits per heavy atom. The zero-order valence-electron chi connectivity index (χ0n) is 14.8. The third kappa shape index (κ3) is 3.38. The molecule has 7 nitrogen and oxygen atoms in total. The lowest BCUT2D eigenvalue weighted by molar-refractivity contribution is -0.133. The second-order valence-corrected chi connectivity index (χ2v) is 9.06. The van der Waals surface area contributed by atoms with Crippen LogP contribution in [0.15, 0.2) is 24.3 Å². The van der Waals surface area contributed by atoms with Gasteiger partial charge < -0.3 is 9.64 Å². The van der Waals surface area contributed by atoms with Crippen LogP contribution in [0.25, 0.3) is 0 Å². The molecular weight excluding hydrogens is 354 g/mol. The maximum atomic E-state index is 13.0. The molecule has 1 unspecified atom stereocenters. The Balaban J connectivity index is 1.45. The first-order chi connectivity index (χ1) is 12.6. The maximum absolute atomic E-state index is 13.0. The van der Waals surface area contributed by atoms with Gasteiger partial charge in [-0.15, -0.1) is 0 Å². The summed E-state index contributed by atoms with van der Waals surface area (Å²) < 4.78 is 34.4. The number of amides is 1. The van der Waals surface area contributed by atoms with Crippen LogP contribution in [0.4, 0.5) is 0 Å². The van der Waals surface area contributed by atoms with E-state index in [0.29, 0.717) is 39.3 Å². The maximum Gasteiger partial charge on any atom is 0.282 e. The van der Waals surface area contributed by atoms with E-state index in [2.05, 4.69) is 0 Å². The Labute approximate surface area is 154 Å². The van der Waals surface area contributed by atoms with Crippen LogP contribution in [0.3, 0.4) is 0 Å². The standard InChI is InChI=1S/C18H25N3O4S/c22-18(19-12-15-5-1-2-6-16(15)13-19)11-17-14-25-10-9-21(17)26(23,24)20-7-3-4-8-20/h1-2,5-6,17H,3-4,7-14H2. The zero-order valence-corrected chi connectivity index (χ0v) is 15.7. The first-order valence-corrected chi connectivity index (χ1v) is 10.6. The number of fused-ring (bicyclic) bond motifs is 1. The fourth-order valence-electron chi connectivity index (χ4n) is 4.01. The van der Waals surface area contributed by atoms with Crippen molar-refractivity contribution in [1.82, 2.24) is 13.5 Å². The van der Waals surface area contributed by atoms with Gasteiger partial charge in [-0.2, -0.15) is 17.0 Å². The highest BCUT2D eigenvalue weighted by Crippen LogP contribution is 2.26. The summed E-state index contributed by atoms with van der Waals surface area (Å²) in [4.78, 5) is 14.6. The number of carbonyl (C=O) groups excluding carboxylic acids is 1. The molecule has 3 aliphatic rings. The highest BCUT2D eigenvalue weighted by Gasteiger charge is 2.39. The number of benzene rings is 1. The van der Waals surface area contributed by atoms with E-state index < -0.39 is 16.3 Å². The molecule has 2 fully saturated rings. The molecule has 0 radical (unpaired) electrons. The molecule has 0 bridgehead atoms. The second kappa shape index (κ2) is 7.26. The topological polar surface area (TPSA) is 70.2 Å². The van der Waals surface area contributed by atoms with E-state index in [1.807, 2.05) is 24.3 Å². The van der Waals surface area contributed by atoms with Crippen molar-refractivity contribution >= 4 is 16.1 Å². The molecule has 1 atom stereocenters. The summed E-state index contributed by atoms with van der Waals surface area (Å²) in [6.45, 7) is 3.32. The lowest BCUT2D eigenvalue weighted by atomic mass is 10.1. The first-order valence-electron chi connectivity index (χ1n) is 9.25. The molecule has 0 aliphatic carbocycles. The van der Waals surface area contributed by atoms with E-state index >= 15 is 0 Å². The molecule has 0 spiro atoms. The summed E-state index contributed by atoms with van der Waals surface area (Å²) in [5.74, 6) is -0.0154. The summed E-state index contributed by atoms with van der Waals surface area (Å²) in [6.07, 6.45) is 1.97. The zero-order chi connectivity index (χ0) is 18.1. The lowest BCUT2D eigenvalue weighted by Crippen LogP contribution is -2.54. The highest BCUT2D eigenvalue weighted by molar-refractivity contribution is 7.86. The van der Waals surface area contributed by atoms with Crippen molar-refractivity contribution in [3.05, 3.63) is 35.4 Å². The van der Waals surface area contributed by atoms with Gasteiger partial charge in [0, 0.05) is 39.1 Å². The number of morpholine rings is 1. The normalized spacial score (nSPS) is 24.8. The van der Waals surface area contributed by atoms with Crippen LogP contribution in [-0.4, -0.2) is 66.7 Å². The predicted octanol–water partition coefficient (Wildman–Crippen LogP) is 0.960. The molecule has 3 heterocycles. The van der Waals surface area contributed by atoms with E-state index in [4.69, 9.17) is 4.74 Å². The summed E-state index contributed by atoms with van der Waals surface area (Å²) >= 11 is 0. The number of rotatable bonds is 4. The molecule has 1 amide bonds. The average molecular weight is 379 g/mol. The van der Waals surface area contributed by atoms with E-state index in [1.165, 1.54) is 15.4 Å². The Morgan fingerprint density at radius 3 is 2.38 bits per heavy atom. The molecule has 4 rings (SSSR count). The number of carbonyl (C=O) groups is 1. The molecule has 26 heavy (non-hydrogen) atoms. The van der Waals surface area contributed by atoms with Gasteiger partial charge in [0.2, 0.25) is 5.91 Å². The first kappa shape index (κ1) is 17.9. The van der Waals surface area contributed by atoms with Crippen molar-refractivity contribution in [3.63, 3.8) is 0 Å². The van der Waals surface area contributed by atoms with Crippen LogP contribution in [-0.2, 0) is 32.8 Å². The number of ether oxygens (including phenoxy) is 1. The summed E-state index contributed by atoms with van der Waals surface area (Å²) in [6, 6.07) is 7.61. The molecule has 3 aliphatic heterocycles. The molecule has 0 saturated carbocycles. The summed E-state index contributed by atoms with van der Waals surface area (Å²) in [7, 11) is -3.52. The third-order valence-corrected chi connectivity index (χ3v) is 7.56. The van der Waals surface area contributed by atoms with Crippen molar-refractivity contribution in [2.75, 3.05) is 32.8 Å². The van der Waals surface area contributed by atoms with Gasteiger partial charge in [0.05, 0.1) is 19.3 Å². The quantitative estimate of drug-likeness (QED) is 0.781. The van der Waals surface area contributed by atoms with Gasteiger partial charge in [0.15, 0.2) is 0 Å². The van der Waals surface area contributed by atoms with Crippen molar-refractivity contribution in [2.45, 2.75) is 38.4 Å². The molecule has 1 aromatic carbocycles. The fraction of sp³-hybridized carbons (Fsp3) is 0.611. The van der Waals surface area contributed by atoms with E-state index in [0.717, 1.165) is 12.8 Å². The molecule has 0 N–H and O–H groups in total. The van der Waals surface area contributed by atoms with E-state index in [1.54, 1.807) is 9.21 Å². The minimum absolute atomic E-state index is 0.0154. The Hall–Kier alpha value is -1.48. The minimum atomic E-state index is -3.52. The Morgan fingerprint density at radius 1 is 1.08 bits per heavy atom. The smallest absolute Gasteiger partial charge is 0.282 e. The van der Waals surface area contributed by atoms with E-state index in [9.17, 15) is 13.2 Å². The minimum Gasteiger partial charge on any atom is -0.378 e. The van der Waals surface area contributed by atoms with Crippen LogP contribution in [0.5, 0.6) is 0 Å². The van der Waals surface area contributed by atoms with Gasteiger partial charge in [-0.1, -0.05) is 24.3 Å². The highest BCUT2D eigenvalue weighted by atomic mass is 32.2.